The van der Waals surface area contributed by atoms with E-state index in [0.29, 0.717) is 0 Å². The van der Waals surface area contributed by atoms with E-state index in [1.54, 1.807) is 12.1 Å². The topological polar surface area (TPSA) is 38.3 Å². The monoisotopic (exact) mass is 271 g/mol. The zero-order valence-corrected chi connectivity index (χ0v) is 11.0. The lowest BCUT2D eigenvalue weighted by Gasteiger charge is -2.07. The van der Waals surface area contributed by atoms with Gasteiger partial charge in [0, 0.05) is 6.08 Å². The highest BCUT2D eigenvalue weighted by atomic mass is 19.1. The number of hydrogen-bond donors (Lipinski definition) is 1. The van der Waals surface area contributed by atoms with Gasteiger partial charge in [0.1, 0.15) is 0 Å². The minimum atomic E-state index is -0.587. The molecule has 0 saturated heterocycles. The van der Waals surface area contributed by atoms with Crippen LogP contribution in [0.15, 0.2) is 54.6 Å². The van der Waals surface area contributed by atoms with Gasteiger partial charge in [0.05, 0.1) is 12.8 Å². The number of amides is 1. The van der Waals surface area contributed by atoms with Crippen molar-refractivity contribution in [2.45, 2.75) is 0 Å². The largest absolute Gasteiger partial charge is 0.494 e. The fraction of sp³-hybridized carbons (Fsp3) is 0.0625. The molecule has 0 bridgehead atoms. The first kappa shape index (κ1) is 13.8. The van der Waals surface area contributed by atoms with Crippen molar-refractivity contribution in [1.29, 1.82) is 0 Å². The van der Waals surface area contributed by atoms with Crippen molar-refractivity contribution in [2.75, 3.05) is 12.4 Å². The number of ether oxygens (including phenoxy) is 1. The second-order valence-corrected chi connectivity index (χ2v) is 4.06. The van der Waals surface area contributed by atoms with E-state index in [-0.39, 0.29) is 11.4 Å². The van der Waals surface area contributed by atoms with Crippen molar-refractivity contribution in [3.63, 3.8) is 0 Å². The van der Waals surface area contributed by atoms with Gasteiger partial charge >= 0.3 is 0 Å². The minimum Gasteiger partial charge on any atom is -0.494 e. The lowest BCUT2D eigenvalue weighted by molar-refractivity contribution is -0.111. The Bertz CT molecular complexity index is 624. The summed E-state index contributed by atoms with van der Waals surface area (Å²) >= 11 is 0. The van der Waals surface area contributed by atoms with E-state index in [9.17, 15) is 9.18 Å². The highest BCUT2D eigenvalue weighted by molar-refractivity contribution is 6.02. The van der Waals surface area contributed by atoms with Crippen LogP contribution >= 0.6 is 0 Å². The summed E-state index contributed by atoms with van der Waals surface area (Å²) in [5.74, 6) is -0.896. The number of carbonyl (C=O) groups is 1. The minimum absolute atomic E-state index is 0.0899. The molecule has 2 aromatic carbocycles. The van der Waals surface area contributed by atoms with E-state index in [2.05, 4.69) is 5.32 Å². The average Bonchev–Trinajstić information content (AvgIpc) is 2.48. The molecule has 3 nitrogen and oxygen atoms in total. The van der Waals surface area contributed by atoms with Crippen LogP contribution in [0, 0.1) is 5.82 Å². The first-order chi connectivity index (χ1) is 9.70. The standard InChI is InChI=1S/C16H14FNO2/c1-20-14-9-5-8-13(16(14)17)18-15(19)11-10-12-6-3-2-4-7-12/h2-11H,1H3,(H,18,19)/b11-10+. The predicted molar refractivity (Wildman–Crippen MR) is 77.1 cm³/mol. The van der Waals surface area contributed by atoms with Crippen molar-refractivity contribution in [3.05, 3.63) is 66.0 Å². The maximum absolute atomic E-state index is 13.8. The molecule has 0 aliphatic heterocycles. The molecule has 0 radical (unpaired) electrons. The predicted octanol–water partition coefficient (Wildman–Crippen LogP) is 3.49. The molecule has 1 N–H and O–H groups in total. The highest BCUT2D eigenvalue weighted by Crippen LogP contribution is 2.23. The molecule has 0 fully saturated rings. The van der Waals surface area contributed by atoms with Gasteiger partial charge in [0.2, 0.25) is 5.91 Å². The average molecular weight is 271 g/mol. The summed E-state index contributed by atoms with van der Waals surface area (Å²) in [5, 5.41) is 2.47. The SMILES string of the molecule is COc1cccc(NC(=O)/C=C/c2ccccc2)c1F. The van der Waals surface area contributed by atoms with Gasteiger partial charge in [-0.2, -0.15) is 0 Å². The Hall–Kier alpha value is -2.62. The van der Waals surface area contributed by atoms with Gasteiger partial charge in [-0.25, -0.2) is 4.39 Å². The summed E-state index contributed by atoms with van der Waals surface area (Å²) in [4.78, 5) is 11.7. The quantitative estimate of drug-likeness (QED) is 0.864. The van der Waals surface area contributed by atoms with Gasteiger partial charge in [0.25, 0.3) is 0 Å². The van der Waals surface area contributed by atoms with Gasteiger partial charge < -0.3 is 10.1 Å². The van der Waals surface area contributed by atoms with Gasteiger partial charge in [-0.1, -0.05) is 36.4 Å². The van der Waals surface area contributed by atoms with Crippen LogP contribution < -0.4 is 10.1 Å². The zero-order valence-electron chi connectivity index (χ0n) is 11.0. The van der Waals surface area contributed by atoms with Crippen LogP contribution in [0.2, 0.25) is 0 Å². The van der Waals surface area contributed by atoms with E-state index < -0.39 is 11.7 Å². The molecule has 0 unspecified atom stereocenters. The van der Waals surface area contributed by atoms with Crippen LogP contribution in [-0.4, -0.2) is 13.0 Å². The van der Waals surface area contributed by atoms with E-state index >= 15 is 0 Å². The Labute approximate surface area is 116 Å². The van der Waals surface area contributed by atoms with Crippen LogP contribution in [-0.2, 0) is 4.79 Å². The smallest absolute Gasteiger partial charge is 0.248 e. The number of carbonyl (C=O) groups excluding carboxylic acids is 1. The molecule has 0 aliphatic carbocycles. The van der Waals surface area contributed by atoms with Crippen molar-refractivity contribution in [1.82, 2.24) is 0 Å². The summed E-state index contributed by atoms with van der Waals surface area (Å²) in [6.07, 6.45) is 3.02. The molecule has 102 valence electrons. The van der Waals surface area contributed by atoms with Gasteiger partial charge in [-0.05, 0) is 23.8 Å². The summed E-state index contributed by atoms with van der Waals surface area (Å²) in [6, 6.07) is 14.0. The lowest BCUT2D eigenvalue weighted by atomic mass is 10.2. The van der Waals surface area contributed by atoms with E-state index in [0.717, 1.165) is 5.56 Å². The normalized spacial score (nSPS) is 10.5. The van der Waals surface area contributed by atoms with Crippen LogP contribution in [0.1, 0.15) is 5.56 Å². The second kappa shape index (κ2) is 6.52. The van der Waals surface area contributed by atoms with E-state index in [1.807, 2.05) is 30.3 Å². The molecule has 2 aromatic rings. The molecule has 4 heteroatoms. The Morgan fingerprint density at radius 1 is 1.15 bits per heavy atom. The van der Waals surface area contributed by atoms with Crippen LogP contribution in [0.3, 0.4) is 0 Å². The molecule has 0 spiro atoms. The van der Waals surface area contributed by atoms with E-state index in [4.69, 9.17) is 4.74 Å². The third-order valence-electron chi connectivity index (χ3n) is 2.67. The zero-order chi connectivity index (χ0) is 14.4. The maximum atomic E-state index is 13.8. The van der Waals surface area contributed by atoms with Crippen LogP contribution in [0.5, 0.6) is 5.75 Å². The fourth-order valence-corrected chi connectivity index (χ4v) is 1.68. The molecule has 2 rings (SSSR count). The molecular formula is C16H14FNO2. The van der Waals surface area contributed by atoms with Crippen LogP contribution in [0.25, 0.3) is 6.08 Å². The highest BCUT2D eigenvalue weighted by Gasteiger charge is 2.09. The lowest BCUT2D eigenvalue weighted by Crippen LogP contribution is -2.09. The number of rotatable bonds is 4. The van der Waals surface area contributed by atoms with Crippen molar-refractivity contribution >= 4 is 17.7 Å². The van der Waals surface area contributed by atoms with E-state index in [1.165, 1.54) is 25.3 Å². The molecule has 0 aliphatic rings. The Morgan fingerprint density at radius 2 is 1.90 bits per heavy atom. The molecule has 1 amide bonds. The van der Waals surface area contributed by atoms with Gasteiger partial charge in [0.15, 0.2) is 11.6 Å². The molecule has 0 heterocycles. The molecule has 0 saturated carbocycles. The van der Waals surface area contributed by atoms with Gasteiger partial charge in [-0.3, -0.25) is 4.79 Å². The van der Waals surface area contributed by atoms with Crippen molar-refractivity contribution in [2.24, 2.45) is 0 Å². The third kappa shape index (κ3) is 3.45. The maximum Gasteiger partial charge on any atom is 0.248 e. The molecular weight excluding hydrogens is 257 g/mol. The fourth-order valence-electron chi connectivity index (χ4n) is 1.68. The second-order valence-electron chi connectivity index (χ2n) is 4.06. The summed E-state index contributed by atoms with van der Waals surface area (Å²) in [7, 11) is 1.37. The van der Waals surface area contributed by atoms with Gasteiger partial charge in [-0.15, -0.1) is 0 Å². The Balaban J connectivity index is 2.07. The molecule has 20 heavy (non-hydrogen) atoms. The first-order valence-corrected chi connectivity index (χ1v) is 6.07. The molecule has 0 atom stereocenters. The van der Waals surface area contributed by atoms with Crippen molar-refractivity contribution < 1.29 is 13.9 Å². The number of benzene rings is 2. The Morgan fingerprint density at radius 3 is 2.60 bits per heavy atom. The number of anilines is 1. The summed E-state index contributed by atoms with van der Waals surface area (Å²) in [6.45, 7) is 0. The number of nitrogens with one attached hydrogen (secondary N) is 1. The van der Waals surface area contributed by atoms with Crippen LogP contribution in [0.4, 0.5) is 10.1 Å². The van der Waals surface area contributed by atoms with Crippen molar-refractivity contribution in [3.8, 4) is 5.75 Å². The first-order valence-electron chi connectivity index (χ1n) is 6.07. The summed E-state index contributed by atoms with van der Waals surface area (Å²) in [5.41, 5.74) is 0.987. The summed E-state index contributed by atoms with van der Waals surface area (Å²) < 4.78 is 18.7. The number of hydrogen-bond acceptors (Lipinski definition) is 2. The number of methoxy groups -OCH3 is 1. The third-order valence-corrected chi connectivity index (χ3v) is 2.67. The number of halogens is 1. The Kier molecular flexibility index (Phi) is 4.50. The molecule has 0 aromatic heterocycles.